The van der Waals surface area contributed by atoms with Gasteiger partial charge < -0.3 is 9.32 Å². The maximum atomic E-state index is 7.12. The van der Waals surface area contributed by atoms with Crippen molar-refractivity contribution in [3.63, 3.8) is 0 Å². The lowest BCUT2D eigenvalue weighted by Gasteiger charge is -2.29. The Balaban J connectivity index is 1.26. The number of anilines is 3. The van der Waals surface area contributed by atoms with E-state index < -0.39 is 0 Å². The number of nitrogens with zero attached hydrogens (tertiary/aromatic N) is 1. The van der Waals surface area contributed by atoms with Gasteiger partial charge in [-0.2, -0.15) is 0 Å². The minimum Gasteiger partial charge on any atom is -0.456 e. The topological polar surface area (TPSA) is 16.4 Å². The van der Waals surface area contributed by atoms with Gasteiger partial charge in [0.25, 0.3) is 0 Å². The maximum Gasteiger partial charge on any atom is 0.136 e. The van der Waals surface area contributed by atoms with Gasteiger partial charge in [-0.15, -0.1) is 0 Å². The van der Waals surface area contributed by atoms with Crippen molar-refractivity contribution < 1.29 is 4.42 Å². The first-order chi connectivity index (χ1) is 26.5. The normalized spacial score (nSPS) is 12.0. The van der Waals surface area contributed by atoms with Crippen molar-refractivity contribution in [3.8, 4) is 55.6 Å². The second-order valence-corrected chi connectivity index (χ2v) is 14.7. The van der Waals surface area contributed by atoms with E-state index >= 15 is 0 Å². The average molecular weight is 714 g/mol. The molecule has 3 heteroatoms. The molecule has 0 aliphatic carbocycles. The predicted molar refractivity (Wildman–Crippen MR) is 228 cm³/mol. The first-order valence-corrected chi connectivity index (χ1v) is 18.8. The fraction of sp³-hybridized carbons (Fsp3) is 0.0588. The summed E-state index contributed by atoms with van der Waals surface area (Å²) >= 11 is 7.12. The van der Waals surface area contributed by atoms with Gasteiger partial charge in [-0.05, 0) is 131 Å². The highest BCUT2D eigenvalue weighted by Crippen LogP contribution is 2.54. The second kappa shape index (κ2) is 12.7. The largest absolute Gasteiger partial charge is 0.456 e. The molecule has 0 radical (unpaired) electrons. The smallest absolute Gasteiger partial charge is 0.136 e. The van der Waals surface area contributed by atoms with Crippen LogP contribution in [0.1, 0.15) is 16.7 Å². The van der Waals surface area contributed by atoms with Gasteiger partial charge in [0.1, 0.15) is 11.2 Å². The lowest BCUT2D eigenvalue weighted by molar-refractivity contribution is 0.669. The third kappa shape index (κ3) is 5.02. The van der Waals surface area contributed by atoms with Crippen LogP contribution in [0.3, 0.4) is 0 Å². The molecule has 10 rings (SSSR count). The van der Waals surface area contributed by atoms with E-state index in [9.17, 15) is 0 Å². The molecule has 0 amide bonds. The molecule has 0 saturated carbocycles. The molecule has 1 aliphatic rings. The molecule has 0 unspecified atom stereocenters. The van der Waals surface area contributed by atoms with Crippen LogP contribution in [0.5, 0.6) is 0 Å². The Morgan fingerprint density at radius 1 is 0.407 bits per heavy atom. The number of para-hydroxylation sites is 2. The minimum absolute atomic E-state index is 0.695. The van der Waals surface area contributed by atoms with Crippen molar-refractivity contribution in [2.24, 2.45) is 0 Å². The summed E-state index contributed by atoms with van der Waals surface area (Å²) < 4.78 is 6.32. The number of fused-ring (bicyclic) bond motifs is 8. The SMILES string of the molecule is Cc1ccccc1-c1c(C)cccc1-c1ccc2c(c1)-c1c(C)cccc1-c1cc(-c3cccc4oc5ccccc5c34)ccc1N2c1ccccc1Cl. The molecule has 2 nitrogen and oxygen atoms in total. The molecule has 8 aromatic carbocycles. The Morgan fingerprint density at radius 2 is 0.963 bits per heavy atom. The van der Waals surface area contributed by atoms with Crippen LogP contribution in [0.4, 0.5) is 17.1 Å². The van der Waals surface area contributed by atoms with E-state index in [2.05, 4.69) is 165 Å². The van der Waals surface area contributed by atoms with Crippen molar-refractivity contribution in [1.29, 1.82) is 0 Å². The van der Waals surface area contributed by atoms with Crippen LogP contribution < -0.4 is 4.90 Å². The third-order valence-electron chi connectivity index (χ3n) is 11.1. The Hall–Kier alpha value is -6.35. The monoisotopic (exact) mass is 713 g/mol. The molecule has 0 fully saturated rings. The van der Waals surface area contributed by atoms with Gasteiger partial charge in [0.15, 0.2) is 0 Å². The van der Waals surface area contributed by atoms with Gasteiger partial charge in [-0.1, -0.05) is 127 Å². The Kier molecular flexibility index (Phi) is 7.57. The van der Waals surface area contributed by atoms with Gasteiger partial charge in [0.05, 0.1) is 22.1 Å². The second-order valence-electron chi connectivity index (χ2n) is 14.3. The van der Waals surface area contributed by atoms with Crippen molar-refractivity contribution >= 4 is 50.6 Å². The third-order valence-corrected chi connectivity index (χ3v) is 11.4. The van der Waals surface area contributed by atoms with E-state index in [0.717, 1.165) is 55.7 Å². The highest BCUT2D eigenvalue weighted by molar-refractivity contribution is 6.33. The molecule has 0 atom stereocenters. The highest BCUT2D eigenvalue weighted by atomic mass is 35.5. The maximum absolute atomic E-state index is 7.12. The van der Waals surface area contributed by atoms with Crippen LogP contribution in [0.25, 0.3) is 77.6 Å². The lowest BCUT2D eigenvalue weighted by atomic mass is 9.86. The van der Waals surface area contributed by atoms with Gasteiger partial charge in [-0.25, -0.2) is 0 Å². The van der Waals surface area contributed by atoms with Gasteiger partial charge in [-0.3, -0.25) is 0 Å². The zero-order chi connectivity index (χ0) is 36.5. The van der Waals surface area contributed by atoms with E-state index in [0.29, 0.717) is 5.02 Å². The van der Waals surface area contributed by atoms with E-state index in [1.807, 2.05) is 24.3 Å². The number of furan rings is 1. The highest BCUT2D eigenvalue weighted by Gasteiger charge is 2.29. The molecule has 1 aliphatic heterocycles. The Labute approximate surface area is 320 Å². The quantitative estimate of drug-likeness (QED) is 0.180. The molecule has 258 valence electrons. The number of benzene rings is 8. The molecule has 9 aromatic rings. The van der Waals surface area contributed by atoms with E-state index in [1.165, 1.54) is 55.6 Å². The fourth-order valence-electron chi connectivity index (χ4n) is 8.62. The van der Waals surface area contributed by atoms with Gasteiger partial charge in [0, 0.05) is 21.9 Å². The zero-order valence-electron chi connectivity index (χ0n) is 30.3. The Morgan fingerprint density at radius 3 is 1.76 bits per heavy atom. The number of hydrogen-bond acceptors (Lipinski definition) is 2. The first-order valence-electron chi connectivity index (χ1n) is 18.5. The van der Waals surface area contributed by atoms with E-state index in [-0.39, 0.29) is 0 Å². The molecule has 2 heterocycles. The lowest BCUT2D eigenvalue weighted by Crippen LogP contribution is -2.11. The molecule has 1 aromatic heterocycles. The zero-order valence-corrected chi connectivity index (χ0v) is 31.1. The van der Waals surface area contributed by atoms with Crippen LogP contribution in [-0.2, 0) is 0 Å². The van der Waals surface area contributed by atoms with E-state index in [4.69, 9.17) is 16.0 Å². The summed E-state index contributed by atoms with van der Waals surface area (Å²) in [5, 5.41) is 2.94. The van der Waals surface area contributed by atoms with Crippen molar-refractivity contribution in [2.45, 2.75) is 20.8 Å². The van der Waals surface area contributed by atoms with Crippen LogP contribution in [0.2, 0.25) is 5.02 Å². The summed E-state index contributed by atoms with van der Waals surface area (Å²) in [5.74, 6) is 0. The van der Waals surface area contributed by atoms with Crippen molar-refractivity contribution in [1.82, 2.24) is 0 Å². The number of halogens is 1. The molecular formula is C51H36ClNO. The molecule has 0 spiro atoms. The summed E-state index contributed by atoms with van der Waals surface area (Å²) in [6.07, 6.45) is 0. The Bertz CT molecular complexity index is 2950. The summed E-state index contributed by atoms with van der Waals surface area (Å²) in [6.45, 7) is 6.65. The molecule has 0 N–H and O–H groups in total. The molecular weight excluding hydrogens is 678 g/mol. The summed E-state index contributed by atoms with van der Waals surface area (Å²) in [7, 11) is 0. The number of rotatable bonds is 4. The molecule has 0 bridgehead atoms. The predicted octanol–water partition coefficient (Wildman–Crippen LogP) is 15.3. The molecule has 0 saturated heterocycles. The van der Waals surface area contributed by atoms with Crippen molar-refractivity contribution in [2.75, 3.05) is 4.90 Å². The standard InChI is InChI=1S/C51H36ClNO/c1-31-13-4-5-16-36(31)49-32(2)14-10-18-37(49)35-26-28-45-42(30-35)50-33(3)15-11-20-39(50)41-29-34(25-27-44(41)53(45)46-22-8-7-21-43(46)52)38-19-12-24-48-51(38)40-17-6-9-23-47(40)54-48/h4-30H,1-3H3. The van der Waals surface area contributed by atoms with Crippen molar-refractivity contribution in [3.05, 3.63) is 186 Å². The van der Waals surface area contributed by atoms with Gasteiger partial charge in [0.2, 0.25) is 0 Å². The summed E-state index contributed by atoms with van der Waals surface area (Å²) in [4.78, 5) is 2.35. The summed E-state index contributed by atoms with van der Waals surface area (Å²) in [6, 6.07) is 58.7. The molecule has 54 heavy (non-hydrogen) atoms. The average Bonchev–Trinajstić information content (AvgIpc) is 3.53. The van der Waals surface area contributed by atoms with E-state index in [1.54, 1.807) is 0 Å². The fourth-order valence-corrected chi connectivity index (χ4v) is 8.84. The number of aryl methyl sites for hydroxylation is 3. The van der Waals surface area contributed by atoms with Crippen LogP contribution in [-0.4, -0.2) is 0 Å². The van der Waals surface area contributed by atoms with Crippen LogP contribution >= 0.6 is 11.6 Å². The van der Waals surface area contributed by atoms with Crippen LogP contribution in [0, 0.1) is 20.8 Å². The van der Waals surface area contributed by atoms with Crippen LogP contribution in [0.15, 0.2) is 168 Å². The van der Waals surface area contributed by atoms with Gasteiger partial charge >= 0.3 is 0 Å². The number of hydrogen-bond donors (Lipinski definition) is 0. The summed E-state index contributed by atoms with van der Waals surface area (Å²) in [5.41, 5.74) is 20.5. The minimum atomic E-state index is 0.695. The first kappa shape index (κ1) is 32.3.